The number of aliphatic hydroxyl groups excluding tert-OH is 1. The second kappa shape index (κ2) is 9.41. The minimum absolute atomic E-state index is 0.0377. The second-order valence-electron chi connectivity index (χ2n) is 6.12. The maximum atomic E-state index is 13.1. The fraction of sp³-hybridized carbons (Fsp3) is 0.211. The molecule has 0 aliphatic rings. The molecule has 0 atom stereocenters. The SMILES string of the molecule is O=C(NCc1sc(C(F)(F)F)nc1-c1cccc(Cl)c1)Nc1ccc(CCO)nc1. The van der Waals surface area contributed by atoms with Crippen molar-refractivity contribution in [1.29, 1.82) is 0 Å². The summed E-state index contributed by atoms with van der Waals surface area (Å²) >= 11 is 6.41. The first kappa shape index (κ1) is 22.0. The molecule has 0 radical (unpaired) electrons. The van der Waals surface area contributed by atoms with Gasteiger partial charge in [0.15, 0.2) is 5.01 Å². The molecule has 0 aliphatic carbocycles. The molecule has 6 nitrogen and oxygen atoms in total. The van der Waals surface area contributed by atoms with E-state index in [1.165, 1.54) is 12.3 Å². The molecule has 158 valence electrons. The highest BCUT2D eigenvalue weighted by Crippen LogP contribution is 2.38. The molecule has 0 bridgehead atoms. The van der Waals surface area contributed by atoms with E-state index in [0.29, 0.717) is 39.7 Å². The summed E-state index contributed by atoms with van der Waals surface area (Å²) < 4.78 is 39.4. The van der Waals surface area contributed by atoms with Crippen LogP contribution >= 0.6 is 22.9 Å². The summed E-state index contributed by atoms with van der Waals surface area (Å²) in [4.78, 5) is 20.2. The van der Waals surface area contributed by atoms with Gasteiger partial charge in [-0.1, -0.05) is 23.7 Å². The number of aromatic nitrogens is 2. The molecule has 3 rings (SSSR count). The molecule has 0 saturated heterocycles. The van der Waals surface area contributed by atoms with Crippen LogP contribution < -0.4 is 10.6 Å². The molecule has 0 fully saturated rings. The van der Waals surface area contributed by atoms with Gasteiger partial charge in [-0.05, 0) is 24.3 Å². The second-order valence-corrected chi connectivity index (χ2v) is 7.64. The third kappa shape index (κ3) is 5.68. The Labute approximate surface area is 178 Å². The summed E-state index contributed by atoms with van der Waals surface area (Å²) in [6.07, 6.45) is -2.78. The summed E-state index contributed by atoms with van der Waals surface area (Å²) in [5.41, 5.74) is 1.61. The number of carbonyl (C=O) groups excluding carboxylic acids is 1. The lowest BCUT2D eigenvalue weighted by molar-refractivity contribution is -0.137. The van der Waals surface area contributed by atoms with Gasteiger partial charge in [0.1, 0.15) is 0 Å². The van der Waals surface area contributed by atoms with Gasteiger partial charge in [-0.3, -0.25) is 4.98 Å². The minimum atomic E-state index is -4.60. The van der Waals surface area contributed by atoms with Gasteiger partial charge in [-0.25, -0.2) is 9.78 Å². The molecule has 30 heavy (non-hydrogen) atoms. The van der Waals surface area contributed by atoms with Crippen molar-refractivity contribution in [2.45, 2.75) is 19.1 Å². The van der Waals surface area contributed by atoms with Crippen molar-refractivity contribution in [3.63, 3.8) is 0 Å². The van der Waals surface area contributed by atoms with Crippen LogP contribution in [0.1, 0.15) is 15.6 Å². The van der Waals surface area contributed by atoms with E-state index >= 15 is 0 Å². The van der Waals surface area contributed by atoms with Crippen molar-refractivity contribution in [2.75, 3.05) is 11.9 Å². The summed E-state index contributed by atoms with van der Waals surface area (Å²) in [6, 6.07) is 9.00. The first-order valence-corrected chi connectivity index (χ1v) is 9.89. The molecule has 2 amide bonds. The molecule has 11 heteroatoms. The number of rotatable bonds is 6. The van der Waals surface area contributed by atoms with Crippen LogP contribution in [0.5, 0.6) is 0 Å². The van der Waals surface area contributed by atoms with E-state index < -0.39 is 17.2 Å². The maximum absolute atomic E-state index is 13.1. The number of pyridine rings is 1. The van der Waals surface area contributed by atoms with Gasteiger partial charge in [0.2, 0.25) is 0 Å². The number of nitrogens with zero attached hydrogens (tertiary/aromatic N) is 2. The lowest BCUT2D eigenvalue weighted by Crippen LogP contribution is -2.28. The van der Waals surface area contributed by atoms with E-state index in [-0.39, 0.29) is 23.7 Å². The molecule has 2 heterocycles. The van der Waals surface area contributed by atoms with E-state index in [2.05, 4.69) is 20.6 Å². The van der Waals surface area contributed by atoms with E-state index in [0.717, 1.165) is 0 Å². The Kier molecular flexibility index (Phi) is 6.91. The molecule has 2 aromatic heterocycles. The first-order valence-electron chi connectivity index (χ1n) is 8.69. The highest BCUT2D eigenvalue weighted by atomic mass is 35.5. The number of urea groups is 1. The van der Waals surface area contributed by atoms with Crippen molar-refractivity contribution < 1.29 is 23.1 Å². The van der Waals surface area contributed by atoms with E-state index in [4.69, 9.17) is 16.7 Å². The number of hydrogen-bond donors (Lipinski definition) is 3. The quantitative estimate of drug-likeness (QED) is 0.500. The van der Waals surface area contributed by atoms with Gasteiger partial charge < -0.3 is 15.7 Å². The van der Waals surface area contributed by atoms with Crippen molar-refractivity contribution in [1.82, 2.24) is 15.3 Å². The summed E-state index contributed by atoms with van der Waals surface area (Å²) in [5, 5.41) is 13.3. The van der Waals surface area contributed by atoms with Crippen LogP contribution in [-0.4, -0.2) is 27.7 Å². The van der Waals surface area contributed by atoms with Gasteiger partial charge >= 0.3 is 12.2 Å². The molecule has 3 aromatic rings. The number of anilines is 1. The lowest BCUT2D eigenvalue weighted by atomic mass is 10.1. The fourth-order valence-corrected chi connectivity index (χ4v) is 3.63. The van der Waals surface area contributed by atoms with E-state index in [1.807, 2.05) is 0 Å². The van der Waals surface area contributed by atoms with Crippen molar-refractivity contribution >= 4 is 34.7 Å². The Morgan fingerprint density at radius 1 is 1.23 bits per heavy atom. The van der Waals surface area contributed by atoms with Crippen molar-refractivity contribution in [2.24, 2.45) is 0 Å². The third-order valence-corrected chi connectivity index (χ3v) is 5.23. The number of benzene rings is 1. The van der Waals surface area contributed by atoms with Crippen LogP contribution in [-0.2, 0) is 19.1 Å². The topological polar surface area (TPSA) is 87.1 Å². The lowest BCUT2D eigenvalue weighted by Gasteiger charge is -2.08. The van der Waals surface area contributed by atoms with Crippen LogP contribution in [0.3, 0.4) is 0 Å². The van der Waals surface area contributed by atoms with Crippen LogP contribution in [0.15, 0.2) is 42.6 Å². The van der Waals surface area contributed by atoms with Gasteiger partial charge in [0.25, 0.3) is 0 Å². The predicted molar refractivity (Wildman–Crippen MR) is 108 cm³/mol. The zero-order chi connectivity index (χ0) is 21.7. The monoisotopic (exact) mass is 456 g/mol. The average Bonchev–Trinajstić information content (AvgIpc) is 3.13. The van der Waals surface area contributed by atoms with Gasteiger partial charge in [-0.15, -0.1) is 11.3 Å². The molecule has 0 spiro atoms. The van der Waals surface area contributed by atoms with E-state index in [1.54, 1.807) is 30.3 Å². The highest BCUT2D eigenvalue weighted by Gasteiger charge is 2.36. The molecular formula is C19H16ClF3N4O2S. The van der Waals surface area contributed by atoms with Gasteiger partial charge in [0, 0.05) is 29.3 Å². The molecule has 0 saturated carbocycles. The minimum Gasteiger partial charge on any atom is -0.396 e. The number of amides is 2. The Morgan fingerprint density at radius 2 is 2.03 bits per heavy atom. The number of hydrogen-bond acceptors (Lipinski definition) is 5. The smallest absolute Gasteiger partial charge is 0.396 e. The largest absolute Gasteiger partial charge is 0.443 e. The Bertz CT molecular complexity index is 1030. The zero-order valence-corrected chi connectivity index (χ0v) is 16.9. The maximum Gasteiger partial charge on any atom is 0.443 e. The van der Waals surface area contributed by atoms with Gasteiger partial charge in [0.05, 0.1) is 29.0 Å². The highest BCUT2D eigenvalue weighted by molar-refractivity contribution is 7.12. The third-order valence-electron chi connectivity index (χ3n) is 3.90. The Balaban J connectivity index is 1.73. The normalized spacial score (nSPS) is 11.4. The Morgan fingerprint density at radius 3 is 2.67 bits per heavy atom. The van der Waals surface area contributed by atoms with Gasteiger partial charge in [-0.2, -0.15) is 13.2 Å². The Hall–Kier alpha value is -2.69. The van der Waals surface area contributed by atoms with Crippen LogP contribution in [0, 0.1) is 0 Å². The standard InChI is InChI=1S/C19H16ClF3N4O2S/c20-12-3-1-2-11(8-12)16-15(30-17(27-16)19(21,22)23)10-25-18(29)26-14-5-4-13(6-7-28)24-9-14/h1-5,8-9,28H,6-7,10H2,(H2,25,26,29). The number of nitrogens with one attached hydrogen (secondary N) is 2. The summed E-state index contributed by atoms with van der Waals surface area (Å²) in [7, 11) is 0. The molecular weight excluding hydrogens is 441 g/mol. The zero-order valence-electron chi connectivity index (χ0n) is 15.3. The molecule has 0 unspecified atom stereocenters. The fourth-order valence-electron chi connectivity index (χ4n) is 2.55. The van der Waals surface area contributed by atoms with Crippen LogP contribution in [0.4, 0.5) is 23.7 Å². The first-order chi connectivity index (χ1) is 14.3. The number of alkyl halides is 3. The molecule has 3 N–H and O–H groups in total. The summed E-state index contributed by atoms with van der Waals surface area (Å²) in [6.45, 7) is -0.193. The number of carbonyl (C=O) groups is 1. The number of thiazole rings is 1. The molecule has 0 aliphatic heterocycles. The average molecular weight is 457 g/mol. The molecule has 1 aromatic carbocycles. The number of halogens is 4. The summed E-state index contributed by atoms with van der Waals surface area (Å²) in [5.74, 6) is 0. The van der Waals surface area contributed by atoms with Crippen LogP contribution in [0.25, 0.3) is 11.3 Å². The van der Waals surface area contributed by atoms with Crippen LogP contribution in [0.2, 0.25) is 5.02 Å². The van der Waals surface area contributed by atoms with Crippen molar-refractivity contribution in [3.8, 4) is 11.3 Å². The van der Waals surface area contributed by atoms with Crippen molar-refractivity contribution in [3.05, 3.63) is 63.2 Å². The number of aliphatic hydroxyl groups is 1. The van der Waals surface area contributed by atoms with E-state index in [9.17, 15) is 18.0 Å². The predicted octanol–water partition coefficient (Wildman–Crippen LogP) is 4.73.